The summed E-state index contributed by atoms with van der Waals surface area (Å²) in [5, 5.41) is -13.4. The predicted molar refractivity (Wildman–Crippen MR) is 316 cm³/mol. The Kier molecular flexibility index (Phi) is 30.2. The zero-order valence-corrected chi connectivity index (χ0v) is 55.7. The normalized spacial score (nSPS) is 15.8. The van der Waals surface area contributed by atoms with Gasteiger partial charge in [-0.3, -0.25) is 0 Å². The van der Waals surface area contributed by atoms with E-state index in [0.717, 1.165) is 0 Å². The highest BCUT2D eigenvalue weighted by Crippen LogP contribution is 2.64. The second-order valence-electron chi connectivity index (χ2n) is 24.7. The molecule has 36 heteroatoms. The number of unbranched alkanes of at least 4 members (excludes halogenated alkanes) is 12. The van der Waals surface area contributed by atoms with Crippen molar-refractivity contribution in [2.75, 3.05) is 0 Å². The van der Waals surface area contributed by atoms with Crippen molar-refractivity contribution < 1.29 is 160 Å². The van der Waals surface area contributed by atoms with Crippen LogP contribution in [0.25, 0.3) is 32.3 Å². The van der Waals surface area contributed by atoms with Crippen molar-refractivity contribution in [3.63, 3.8) is 0 Å². The molecule has 0 spiro atoms. The van der Waals surface area contributed by atoms with Crippen LogP contribution in [0.2, 0.25) is 0 Å². The number of hydrogen-bond donors (Lipinski definition) is 0. The number of rotatable bonds is 48. The molecular weight excluding hydrogens is 1460 g/mol. The third kappa shape index (κ3) is 18.9. The molecule has 6 unspecified atom stereocenters. The van der Waals surface area contributed by atoms with Gasteiger partial charge in [0, 0.05) is 16.2 Å². The minimum atomic E-state index is -7.41. The molecule has 0 radical (unpaired) electrons. The summed E-state index contributed by atoms with van der Waals surface area (Å²) in [5.41, 5.74) is 0. The van der Waals surface area contributed by atoms with Gasteiger partial charge in [-0.15, -0.1) is 0 Å². The van der Waals surface area contributed by atoms with Crippen LogP contribution in [0.5, 0.6) is 34.5 Å². The molecule has 0 saturated carbocycles. The van der Waals surface area contributed by atoms with E-state index in [1.807, 2.05) is 0 Å². The second kappa shape index (κ2) is 34.7. The van der Waals surface area contributed by atoms with Crippen LogP contribution in [0.3, 0.4) is 0 Å². The Morgan fingerprint density at radius 1 is 0.235 bits per heavy atom. The Labute approximate surface area is 567 Å². The first-order valence-electron chi connectivity index (χ1n) is 33.0. The average molecular weight is 1540 g/mol. The summed E-state index contributed by atoms with van der Waals surface area (Å²) in [4.78, 5) is 0. The van der Waals surface area contributed by atoms with Crippen LogP contribution in [0.15, 0.2) is 36.4 Å². The smallest absolute Gasteiger partial charge is 0.424 e. The SMILES string of the molecule is CCCCCC(F)C(F)(F)C(F)(F)Oc1ccc2c3ccccc3c3c(OC(F)(F)C(F)(F)C(F)CCCCC)c(OC(F)(F)C(F)(F)C(F)CCCCC)c(OC(F)(F)C(F)(F)C(F)CCCCC)c(OC(F)(F)C(F)(F)C(F)CCCCC)c3c2c1OC(F)(F)C(F)(F)C(F)CCCCC. The highest BCUT2D eigenvalue weighted by Gasteiger charge is 2.72. The number of halogens is 30. The van der Waals surface area contributed by atoms with E-state index in [4.69, 9.17) is 0 Å². The quantitative estimate of drug-likeness (QED) is 0.0250. The maximum absolute atomic E-state index is 17.2. The topological polar surface area (TPSA) is 55.4 Å². The molecule has 6 atom stereocenters. The van der Waals surface area contributed by atoms with E-state index in [1.165, 1.54) is 41.5 Å². The van der Waals surface area contributed by atoms with Crippen LogP contribution in [0.4, 0.5) is 132 Å². The fraction of sp³-hybridized carbons (Fsp3) is 0.727. The highest BCUT2D eigenvalue weighted by atomic mass is 19.4. The van der Waals surface area contributed by atoms with Gasteiger partial charge >= 0.3 is 72.2 Å². The number of benzene rings is 4. The number of hydrogen-bond acceptors (Lipinski definition) is 6. The molecule has 4 rings (SSSR count). The summed E-state index contributed by atoms with van der Waals surface area (Å²) in [7, 11) is 0. The molecule has 0 N–H and O–H groups in total. The van der Waals surface area contributed by atoms with Gasteiger partial charge < -0.3 is 28.4 Å². The lowest BCUT2D eigenvalue weighted by molar-refractivity contribution is -0.342. The van der Waals surface area contributed by atoms with Gasteiger partial charge in [-0.2, -0.15) is 105 Å². The zero-order valence-electron chi connectivity index (χ0n) is 55.7. The van der Waals surface area contributed by atoms with Gasteiger partial charge in [0.25, 0.3) is 0 Å². The number of alkyl halides is 30. The Balaban J connectivity index is 2.76. The van der Waals surface area contributed by atoms with Crippen LogP contribution in [-0.2, 0) is 0 Å². The monoisotopic (exact) mass is 1540 g/mol. The Hall–Kier alpha value is -5.64. The molecule has 0 saturated heterocycles. The minimum absolute atomic E-state index is 0.00619. The van der Waals surface area contributed by atoms with Crippen LogP contribution < -0.4 is 28.4 Å². The Morgan fingerprint density at radius 3 is 0.706 bits per heavy atom. The summed E-state index contributed by atoms with van der Waals surface area (Å²) < 4.78 is 517. The van der Waals surface area contributed by atoms with E-state index < -0.39 is 259 Å². The first-order valence-corrected chi connectivity index (χ1v) is 33.0. The summed E-state index contributed by atoms with van der Waals surface area (Å²) >= 11 is 0. The Bertz CT molecular complexity index is 3270. The standard InChI is InChI=1S/C66H78F30O6/c1-7-13-19-29-41(67)55(73,74)61(85,86)97-40-36-35-39-37-27-25-26-28-38(37)48-49(47(39)50(40)98-62(87,88)56(75,76)42(68)30-20-14-8-2)52(100-64(91,92)58(79,80)44(70)32-22-16-10-4)54(102-66(95,96)60(83,84)46(72)34-24-18-12-6)53(101-65(93,94)59(81,82)45(71)33-23-17-11-5)51(48)99-63(89,90)57(77,78)43(69)31-21-15-9-3/h25-28,35-36,41-46H,7-24,29-34H2,1-6H3. The molecule has 4 aromatic carbocycles. The molecule has 0 fully saturated rings. The van der Waals surface area contributed by atoms with Crippen LogP contribution in [-0.4, -0.2) is 109 Å². The van der Waals surface area contributed by atoms with Crippen molar-refractivity contribution in [2.24, 2.45) is 0 Å². The first-order chi connectivity index (χ1) is 46.9. The lowest BCUT2D eigenvalue weighted by Gasteiger charge is -2.36. The maximum atomic E-state index is 17.2. The third-order valence-corrected chi connectivity index (χ3v) is 16.6. The second-order valence-corrected chi connectivity index (χ2v) is 24.7. The summed E-state index contributed by atoms with van der Waals surface area (Å²) in [6.07, 6.45) is -86.9. The van der Waals surface area contributed by atoms with Gasteiger partial charge in [0.1, 0.15) is 0 Å². The third-order valence-electron chi connectivity index (χ3n) is 16.6. The van der Waals surface area contributed by atoms with Gasteiger partial charge in [0.05, 0.1) is 0 Å². The lowest BCUT2D eigenvalue weighted by atomic mass is 9.91. The van der Waals surface area contributed by atoms with E-state index in [9.17, 15) is 0 Å². The molecular formula is C66H78F30O6. The van der Waals surface area contributed by atoms with Gasteiger partial charge in [0.2, 0.25) is 11.5 Å². The highest BCUT2D eigenvalue weighted by molar-refractivity contribution is 6.31. The Morgan fingerprint density at radius 2 is 0.441 bits per heavy atom. The number of fused-ring (bicyclic) bond motifs is 6. The van der Waals surface area contributed by atoms with E-state index in [1.54, 1.807) is 0 Å². The lowest BCUT2D eigenvalue weighted by Crippen LogP contribution is -2.54. The van der Waals surface area contributed by atoms with Gasteiger partial charge in [-0.1, -0.05) is 181 Å². The zero-order chi connectivity index (χ0) is 77.8. The van der Waals surface area contributed by atoms with E-state index >= 15 is 132 Å². The molecule has 588 valence electrons. The van der Waals surface area contributed by atoms with Crippen molar-refractivity contribution in [3.8, 4) is 34.5 Å². The largest absolute Gasteiger partial charge is 0.467 e. The van der Waals surface area contributed by atoms with Gasteiger partial charge in [-0.25, -0.2) is 26.3 Å². The molecule has 102 heavy (non-hydrogen) atoms. The van der Waals surface area contributed by atoms with Crippen molar-refractivity contribution in [1.29, 1.82) is 0 Å². The predicted octanol–water partition coefficient (Wildman–Crippen LogP) is 26.3. The van der Waals surface area contributed by atoms with E-state index in [2.05, 4.69) is 28.4 Å². The summed E-state index contributed by atoms with van der Waals surface area (Å²) in [5.74, 6) is -61.6. The molecule has 0 amide bonds. The van der Waals surface area contributed by atoms with Crippen molar-refractivity contribution in [3.05, 3.63) is 36.4 Å². The van der Waals surface area contributed by atoms with E-state index in [0.29, 0.717) is 18.2 Å². The van der Waals surface area contributed by atoms with Crippen molar-refractivity contribution in [2.45, 2.75) is 305 Å². The first kappa shape index (κ1) is 88.8. The fourth-order valence-corrected chi connectivity index (χ4v) is 10.5. The molecule has 4 aromatic rings. The van der Waals surface area contributed by atoms with Gasteiger partial charge in [0.15, 0.2) is 60.0 Å². The van der Waals surface area contributed by atoms with Crippen molar-refractivity contribution in [1.82, 2.24) is 0 Å². The molecule has 0 heterocycles. The minimum Gasteiger partial charge on any atom is -0.424 e. The van der Waals surface area contributed by atoms with Crippen LogP contribution in [0, 0.1) is 0 Å². The van der Waals surface area contributed by atoms with Gasteiger partial charge in [-0.05, 0) is 66.8 Å². The molecule has 0 aromatic heterocycles. The fourth-order valence-electron chi connectivity index (χ4n) is 10.5. The molecule has 0 aliphatic rings. The van der Waals surface area contributed by atoms with Crippen LogP contribution >= 0.6 is 0 Å². The van der Waals surface area contributed by atoms with Crippen LogP contribution in [0.1, 0.15) is 196 Å². The molecule has 0 aliphatic carbocycles. The summed E-state index contributed by atoms with van der Waals surface area (Å²) in [6.45, 7) is 7.89. The maximum Gasteiger partial charge on any atom is 0.467 e. The summed E-state index contributed by atoms with van der Waals surface area (Å²) in [6, 6.07) is 0.975. The molecule has 0 bridgehead atoms. The van der Waals surface area contributed by atoms with Crippen molar-refractivity contribution >= 4 is 32.3 Å². The van der Waals surface area contributed by atoms with E-state index in [-0.39, 0.29) is 89.2 Å². The number of ether oxygens (including phenoxy) is 6. The average Bonchev–Trinajstić information content (AvgIpc) is 0.694. The molecule has 0 aliphatic heterocycles. The molecule has 6 nitrogen and oxygen atoms in total.